The van der Waals surface area contributed by atoms with Gasteiger partial charge in [-0.05, 0) is 26.0 Å². The zero-order valence-electron chi connectivity index (χ0n) is 16.2. The molecule has 1 aromatic carbocycles. The number of thiazole rings is 1. The van der Waals surface area contributed by atoms with Crippen molar-refractivity contribution in [1.82, 2.24) is 15.2 Å². The first-order valence-corrected chi connectivity index (χ1v) is 10.4. The van der Waals surface area contributed by atoms with Crippen LogP contribution in [0.5, 0.6) is 5.75 Å². The van der Waals surface area contributed by atoms with Crippen LogP contribution in [0.25, 0.3) is 0 Å². The number of amides is 3. The second-order valence-electron chi connectivity index (χ2n) is 7.34. The zero-order chi connectivity index (χ0) is 20.6. The summed E-state index contributed by atoms with van der Waals surface area (Å²) < 4.78 is 6.13. The maximum atomic E-state index is 12.7. The number of anilines is 1. The molecule has 9 heteroatoms. The summed E-state index contributed by atoms with van der Waals surface area (Å²) in [6.07, 6.45) is 0.922. The Balaban J connectivity index is 1.48. The molecule has 29 heavy (non-hydrogen) atoms. The Labute approximate surface area is 172 Å². The molecule has 0 aliphatic carbocycles. The molecule has 0 saturated carbocycles. The Kier molecular flexibility index (Phi) is 4.99. The van der Waals surface area contributed by atoms with Gasteiger partial charge in [0.25, 0.3) is 5.91 Å². The molecule has 0 unspecified atom stereocenters. The lowest BCUT2D eigenvalue weighted by molar-refractivity contribution is -0.137. The Morgan fingerprint density at radius 1 is 1.34 bits per heavy atom. The summed E-state index contributed by atoms with van der Waals surface area (Å²) in [6.45, 7) is 3.85. The number of hydrogen-bond donors (Lipinski definition) is 2. The van der Waals surface area contributed by atoms with Crippen LogP contribution in [0.4, 0.5) is 5.13 Å². The number of aromatic nitrogens is 1. The highest BCUT2D eigenvalue weighted by molar-refractivity contribution is 7.13. The highest BCUT2D eigenvalue weighted by Gasteiger charge is 2.43. The lowest BCUT2D eigenvalue weighted by atomic mass is 10.0. The molecule has 1 saturated heterocycles. The summed E-state index contributed by atoms with van der Waals surface area (Å²) in [5.41, 5.74) is 0.367. The van der Waals surface area contributed by atoms with Crippen LogP contribution in [0.2, 0.25) is 0 Å². The van der Waals surface area contributed by atoms with Crippen molar-refractivity contribution in [2.75, 3.05) is 11.9 Å². The number of para-hydroxylation sites is 1. The molecule has 3 heterocycles. The van der Waals surface area contributed by atoms with Gasteiger partial charge in [-0.2, -0.15) is 0 Å². The fourth-order valence-electron chi connectivity index (χ4n) is 3.66. The van der Waals surface area contributed by atoms with Gasteiger partial charge < -0.3 is 20.3 Å². The largest absolute Gasteiger partial charge is 0.467 e. The van der Waals surface area contributed by atoms with E-state index in [0.29, 0.717) is 35.8 Å². The number of nitrogens with zero attached hydrogens (tertiary/aromatic N) is 2. The van der Waals surface area contributed by atoms with Gasteiger partial charge in [-0.25, -0.2) is 4.98 Å². The van der Waals surface area contributed by atoms with Crippen LogP contribution in [0, 0.1) is 6.92 Å². The second-order valence-corrected chi connectivity index (χ2v) is 8.20. The van der Waals surface area contributed by atoms with E-state index in [1.807, 2.05) is 18.4 Å². The van der Waals surface area contributed by atoms with Gasteiger partial charge >= 0.3 is 0 Å². The van der Waals surface area contributed by atoms with Gasteiger partial charge in [0.1, 0.15) is 11.8 Å². The van der Waals surface area contributed by atoms with Gasteiger partial charge in [-0.1, -0.05) is 12.1 Å². The zero-order valence-corrected chi connectivity index (χ0v) is 17.0. The Morgan fingerprint density at radius 2 is 2.14 bits per heavy atom. The molecule has 4 rings (SSSR count). The van der Waals surface area contributed by atoms with Gasteiger partial charge in [0, 0.05) is 31.2 Å². The number of likely N-dealkylation sites (tertiary alicyclic amines) is 1. The van der Waals surface area contributed by atoms with Crippen LogP contribution < -0.4 is 15.4 Å². The molecule has 2 atom stereocenters. The molecule has 0 radical (unpaired) electrons. The fraction of sp³-hybridized carbons (Fsp3) is 0.400. The number of benzene rings is 1. The Morgan fingerprint density at radius 3 is 2.90 bits per heavy atom. The SMILES string of the molecule is Cc1csc(NC(=O)[C@@H](C)N2CC[C@]3(CCC2=O)NC(=O)c2ccccc2O3)n1. The van der Waals surface area contributed by atoms with E-state index in [4.69, 9.17) is 4.74 Å². The minimum absolute atomic E-state index is 0.142. The molecule has 1 spiro atoms. The molecule has 3 amide bonds. The topological polar surface area (TPSA) is 101 Å². The van der Waals surface area contributed by atoms with Crippen molar-refractivity contribution in [3.05, 3.63) is 40.9 Å². The number of carbonyl (C=O) groups is 3. The van der Waals surface area contributed by atoms with Crippen LogP contribution in [0.15, 0.2) is 29.6 Å². The molecule has 1 aromatic heterocycles. The average Bonchev–Trinajstić information content (AvgIpc) is 3.04. The molecule has 152 valence electrons. The number of aryl methyl sites for hydroxylation is 1. The standard InChI is InChI=1S/C20H22N4O4S/c1-12-11-29-19(21-12)22-17(26)13(2)24-10-9-20(8-7-16(24)25)23-18(27)14-5-3-4-6-15(14)28-20/h3-6,11,13H,7-10H2,1-2H3,(H,23,27)(H,21,22,26)/t13-,20-/m1/s1. The average molecular weight is 414 g/mol. The number of ether oxygens (including phenoxy) is 1. The van der Waals surface area contributed by atoms with E-state index < -0.39 is 11.8 Å². The van der Waals surface area contributed by atoms with Crippen molar-refractivity contribution in [1.29, 1.82) is 0 Å². The van der Waals surface area contributed by atoms with Crippen LogP contribution in [-0.2, 0) is 9.59 Å². The van der Waals surface area contributed by atoms with Gasteiger partial charge in [-0.15, -0.1) is 11.3 Å². The highest BCUT2D eigenvalue weighted by Crippen LogP contribution is 2.34. The lowest BCUT2D eigenvalue weighted by Crippen LogP contribution is -2.56. The van der Waals surface area contributed by atoms with Gasteiger partial charge in [0.05, 0.1) is 11.3 Å². The van der Waals surface area contributed by atoms with E-state index in [0.717, 1.165) is 5.69 Å². The quantitative estimate of drug-likeness (QED) is 0.803. The van der Waals surface area contributed by atoms with Crippen molar-refractivity contribution in [2.24, 2.45) is 0 Å². The number of rotatable bonds is 3. The van der Waals surface area contributed by atoms with Gasteiger partial charge in [-0.3, -0.25) is 14.4 Å². The first kappa shape index (κ1) is 19.4. The summed E-state index contributed by atoms with van der Waals surface area (Å²) in [4.78, 5) is 43.7. The fourth-order valence-corrected chi connectivity index (χ4v) is 4.35. The van der Waals surface area contributed by atoms with E-state index in [2.05, 4.69) is 15.6 Å². The first-order chi connectivity index (χ1) is 13.9. The first-order valence-electron chi connectivity index (χ1n) is 9.50. The summed E-state index contributed by atoms with van der Waals surface area (Å²) in [7, 11) is 0. The smallest absolute Gasteiger partial charge is 0.258 e. The number of fused-ring (bicyclic) bond motifs is 1. The van der Waals surface area contributed by atoms with Crippen molar-refractivity contribution in [3.8, 4) is 5.75 Å². The summed E-state index contributed by atoms with van der Waals surface area (Å²) >= 11 is 1.34. The predicted octanol–water partition coefficient (Wildman–Crippen LogP) is 2.31. The van der Waals surface area contributed by atoms with Crippen LogP contribution >= 0.6 is 11.3 Å². The van der Waals surface area contributed by atoms with Gasteiger partial charge in [0.2, 0.25) is 11.8 Å². The van der Waals surface area contributed by atoms with Crippen molar-refractivity contribution in [2.45, 2.75) is 44.9 Å². The maximum Gasteiger partial charge on any atom is 0.258 e. The van der Waals surface area contributed by atoms with Crippen LogP contribution in [0.3, 0.4) is 0 Å². The second kappa shape index (κ2) is 7.47. The van der Waals surface area contributed by atoms with Crippen LogP contribution in [-0.4, -0.2) is 45.9 Å². The molecule has 2 aliphatic heterocycles. The minimum Gasteiger partial charge on any atom is -0.467 e. The Bertz CT molecular complexity index is 975. The molecular formula is C20H22N4O4S. The number of hydrogen-bond acceptors (Lipinski definition) is 6. The monoisotopic (exact) mass is 414 g/mol. The molecule has 2 N–H and O–H groups in total. The predicted molar refractivity (Wildman–Crippen MR) is 108 cm³/mol. The molecule has 8 nitrogen and oxygen atoms in total. The third kappa shape index (κ3) is 3.82. The third-order valence-corrected chi connectivity index (χ3v) is 6.17. The van der Waals surface area contributed by atoms with Crippen molar-refractivity contribution >= 4 is 34.2 Å². The van der Waals surface area contributed by atoms with E-state index in [-0.39, 0.29) is 24.1 Å². The van der Waals surface area contributed by atoms with Crippen molar-refractivity contribution < 1.29 is 19.1 Å². The molecule has 0 bridgehead atoms. The van der Waals surface area contributed by atoms with E-state index >= 15 is 0 Å². The number of nitrogens with one attached hydrogen (secondary N) is 2. The molecular weight excluding hydrogens is 392 g/mol. The lowest BCUT2D eigenvalue weighted by Gasteiger charge is -2.38. The highest BCUT2D eigenvalue weighted by atomic mass is 32.1. The van der Waals surface area contributed by atoms with Crippen molar-refractivity contribution in [3.63, 3.8) is 0 Å². The normalized spacial score (nSPS) is 22.3. The third-order valence-electron chi connectivity index (χ3n) is 5.29. The summed E-state index contributed by atoms with van der Waals surface area (Å²) in [5.74, 6) is -0.126. The van der Waals surface area contributed by atoms with Gasteiger partial charge in [0.15, 0.2) is 10.9 Å². The maximum absolute atomic E-state index is 12.7. The molecule has 2 aliphatic rings. The summed E-state index contributed by atoms with van der Waals surface area (Å²) in [5, 5.41) is 8.06. The number of carbonyl (C=O) groups excluding carboxylic acids is 3. The molecule has 2 aromatic rings. The molecule has 1 fully saturated rings. The minimum atomic E-state index is -0.946. The van der Waals surface area contributed by atoms with E-state index in [9.17, 15) is 14.4 Å². The Hall–Kier alpha value is -2.94. The van der Waals surface area contributed by atoms with E-state index in [1.165, 1.54) is 11.3 Å². The van der Waals surface area contributed by atoms with E-state index in [1.54, 1.807) is 30.0 Å². The summed E-state index contributed by atoms with van der Waals surface area (Å²) in [6, 6.07) is 6.40. The van der Waals surface area contributed by atoms with Crippen LogP contribution in [0.1, 0.15) is 42.2 Å².